The van der Waals surface area contributed by atoms with Gasteiger partial charge in [0.2, 0.25) is 21.8 Å². The van der Waals surface area contributed by atoms with Gasteiger partial charge in [-0.15, -0.1) is 0 Å². The fourth-order valence-electron chi connectivity index (χ4n) is 4.34. The minimum absolute atomic E-state index is 0.134. The van der Waals surface area contributed by atoms with Gasteiger partial charge in [-0.25, -0.2) is 12.8 Å². The molecule has 0 spiro atoms. The lowest BCUT2D eigenvalue weighted by atomic mass is 10.0. The van der Waals surface area contributed by atoms with Crippen molar-refractivity contribution in [3.05, 3.63) is 89.7 Å². The number of nitrogens with one attached hydrogen (secondary N) is 1. The molecule has 2 amide bonds. The van der Waals surface area contributed by atoms with Crippen LogP contribution in [0.4, 0.5) is 10.1 Å². The number of hydrogen-bond acceptors (Lipinski definition) is 6. The minimum Gasteiger partial charge on any atom is -0.493 e. The molecule has 9 nitrogen and oxygen atoms in total. The summed E-state index contributed by atoms with van der Waals surface area (Å²) >= 11 is 0. The van der Waals surface area contributed by atoms with E-state index in [1.807, 2.05) is 30.3 Å². The number of methoxy groups -OCH3 is 2. The van der Waals surface area contributed by atoms with Gasteiger partial charge in [0.25, 0.3) is 0 Å². The second kappa shape index (κ2) is 14.0. The van der Waals surface area contributed by atoms with Crippen molar-refractivity contribution < 1.29 is 31.9 Å². The van der Waals surface area contributed by atoms with Gasteiger partial charge in [0, 0.05) is 30.6 Å². The number of sulfonamides is 1. The summed E-state index contributed by atoms with van der Waals surface area (Å²) in [5.74, 6) is -1.02. The van der Waals surface area contributed by atoms with Gasteiger partial charge in [-0.2, -0.15) is 0 Å². The monoisotopic (exact) mass is 585 g/mol. The van der Waals surface area contributed by atoms with Crippen molar-refractivity contribution in [2.75, 3.05) is 31.3 Å². The molecule has 3 aromatic rings. The maximum absolute atomic E-state index is 14.8. The van der Waals surface area contributed by atoms with E-state index in [1.165, 1.54) is 55.5 Å². The summed E-state index contributed by atoms with van der Waals surface area (Å²) < 4.78 is 52.2. The summed E-state index contributed by atoms with van der Waals surface area (Å²) in [7, 11) is -1.12. The lowest BCUT2D eigenvalue weighted by Gasteiger charge is -2.34. The molecule has 0 aromatic heterocycles. The van der Waals surface area contributed by atoms with Crippen molar-refractivity contribution in [2.24, 2.45) is 0 Å². The average molecular weight is 586 g/mol. The first-order chi connectivity index (χ1) is 19.4. The molecule has 0 heterocycles. The molecule has 0 bridgehead atoms. The first-order valence-electron chi connectivity index (χ1n) is 13.0. The molecule has 41 heavy (non-hydrogen) atoms. The summed E-state index contributed by atoms with van der Waals surface area (Å²) in [6.07, 6.45) is 1.11. The number of nitrogens with zero attached hydrogens (tertiary/aromatic N) is 2. The molecule has 3 rings (SSSR count). The minimum atomic E-state index is -3.98. The number of benzene rings is 3. The van der Waals surface area contributed by atoms with Gasteiger partial charge in [-0.1, -0.05) is 48.5 Å². The van der Waals surface area contributed by atoms with Crippen molar-refractivity contribution in [1.29, 1.82) is 0 Å². The van der Waals surface area contributed by atoms with Crippen molar-refractivity contribution in [3.8, 4) is 11.5 Å². The van der Waals surface area contributed by atoms with E-state index in [0.717, 1.165) is 16.1 Å². The first kappa shape index (κ1) is 31.4. The number of halogens is 1. The van der Waals surface area contributed by atoms with Gasteiger partial charge in [0.05, 0.1) is 26.2 Å². The van der Waals surface area contributed by atoms with Crippen LogP contribution in [-0.2, 0) is 32.6 Å². The normalized spacial score (nSPS) is 12.0. The predicted octanol–water partition coefficient (Wildman–Crippen LogP) is 3.77. The summed E-state index contributed by atoms with van der Waals surface area (Å²) in [4.78, 5) is 28.8. The molecule has 0 saturated carbocycles. The third-order valence-electron chi connectivity index (χ3n) is 6.33. The Hall–Kier alpha value is -4.12. The van der Waals surface area contributed by atoms with E-state index < -0.39 is 40.2 Å². The zero-order chi connectivity index (χ0) is 30.2. The van der Waals surface area contributed by atoms with E-state index in [-0.39, 0.29) is 36.0 Å². The third-order valence-corrected chi connectivity index (χ3v) is 7.48. The molecule has 11 heteroatoms. The number of anilines is 1. The standard InChI is InChI=1S/C30H36FN3O6S/c1-21(2)32-30(36)26(17-22-11-7-6-8-12-22)33(19-23-13-9-10-14-25(23)31)29(35)20-34(41(5,37)38)24-15-16-27(39-3)28(18-24)40-4/h6-16,18,21,26H,17,19-20H2,1-5H3,(H,32,36)/t26-/m0/s1. The van der Waals surface area contributed by atoms with Gasteiger partial charge in [-0.3, -0.25) is 13.9 Å². The average Bonchev–Trinajstić information content (AvgIpc) is 2.93. The van der Waals surface area contributed by atoms with Crippen LogP contribution in [0.3, 0.4) is 0 Å². The lowest BCUT2D eigenvalue weighted by molar-refractivity contribution is -0.140. The van der Waals surface area contributed by atoms with E-state index in [4.69, 9.17) is 9.47 Å². The Morgan fingerprint density at radius 1 is 0.927 bits per heavy atom. The number of hydrogen-bond donors (Lipinski definition) is 1. The molecule has 1 N–H and O–H groups in total. The van der Waals surface area contributed by atoms with Crippen LogP contribution in [0.1, 0.15) is 25.0 Å². The van der Waals surface area contributed by atoms with E-state index in [1.54, 1.807) is 19.9 Å². The van der Waals surface area contributed by atoms with E-state index in [0.29, 0.717) is 5.75 Å². The molecule has 0 aliphatic carbocycles. The fraction of sp³-hybridized carbons (Fsp3) is 0.333. The van der Waals surface area contributed by atoms with Crippen molar-refractivity contribution >= 4 is 27.5 Å². The highest BCUT2D eigenvalue weighted by molar-refractivity contribution is 7.92. The Morgan fingerprint density at radius 2 is 1.56 bits per heavy atom. The maximum Gasteiger partial charge on any atom is 0.244 e. The Morgan fingerprint density at radius 3 is 2.15 bits per heavy atom. The molecular formula is C30H36FN3O6S. The Labute approximate surface area is 240 Å². The van der Waals surface area contributed by atoms with Crippen LogP contribution in [0, 0.1) is 5.82 Å². The lowest BCUT2D eigenvalue weighted by Crippen LogP contribution is -2.54. The number of amides is 2. The molecule has 1 atom stereocenters. The Balaban J connectivity index is 2.09. The zero-order valence-corrected chi connectivity index (χ0v) is 24.7. The van der Waals surface area contributed by atoms with Crippen LogP contribution in [0.5, 0.6) is 11.5 Å². The maximum atomic E-state index is 14.8. The fourth-order valence-corrected chi connectivity index (χ4v) is 5.18. The predicted molar refractivity (Wildman–Crippen MR) is 156 cm³/mol. The molecule has 3 aromatic carbocycles. The molecule has 0 radical (unpaired) electrons. The van der Waals surface area contributed by atoms with Crippen LogP contribution >= 0.6 is 0 Å². The topological polar surface area (TPSA) is 105 Å². The molecule has 0 fully saturated rings. The number of carbonyl (C=O) groups excluding carboxylic acids is 2. The van der Waals surface area contributed by atoms with Crippen LogP contribution in [0.2, 0.25) is 0 Å². The Bertz CT molecular complexity index is 1450. The van der Waals surface area contributed by atoms with Gasteiger partial charge in [0.15, 0.2) is 11.5 Å². The van der Waals surface area contributed by atoms with Gasteiger partial charge < -0.3 is 19.7 Å². The van der Waals surface area contributed by atoms with Crippen molar-refractivity contribution in [3.63, 3.8) is 0 Å². The van der Waals surface area contributed by atoms with Gasteiger partial charge >= 0.3 is 0 Å². The zero-order valence-electron chi connectivity index (χ0n) is 23.8. The molecule has 0 saturated heterocycles. The molecule has 0 aliphatic heterocycles. The second-order valence-electron chi connectivity index (χ2n) is 9.79. The van der Waals surface area contributed by atoms with Crippen LogP contribution in [-0.4, -0.2) is 64.2 Å². The first-order valence-corrected chi connectivity index (χ1v) is 14.9. The highest BCUT2D eigenvalue weighted by Gasteiger charge is 2.34. The van der Waals surface area contributed by atoms with Gasteiger partial charge in [-0.05, 0) is 37.6 Å². The van der Waals surface area contributed by atoms with E-state index >= 15 is 0 Å². The molecule has 0 unspecified atom stereocenters. The second-order valence-corrected chi connectivity index (χ2v) is 11.7. The summed E-state index contributed by atoms with van der Waals surface area (Å²) in [5, 5.41) is 2.85. The summed E-state index contributed by atoms with van der Waals surface area (Å²) in [6.45, 7) is 2.70. The van der Waals surface area contributed by atoms with Crippen LogP contribution in [0.25, 0.3) is 0 Å². The molecular weight excluding hydrogens is 549 g/mol. The number of rotatable bonds is 13. The summed E-state index contributed by atoms with van der Waals surface area (Å²) in [6, 6.07) is 18.3. The van der Waals surface area contributed by atoms with E-state index in [9.17, 15) is 22.4 Å². The van der Waals surface area contributed by atoms with Gasteiger partial charge in [0.1, 0.15) is 18.4 Å². The Kier molecular flexibility index (Phi) is 10.7. The summed E-state index contributed by atoms with van der Waals surface area (Å²) in [5.41, 5.74) is 1.13. The quantitative estimate of drug-likeness (QED) is 0.328. The number of ether oxygens (including phenoxy) is 2. The molecule has 0 aliphatic rings. The van der Waals surface area contributed by atoms with Crippen molar-refractivity contribution in [2.45, 2.75) is 38.9 Å². The molecule has 220 valence electrons. The van der Waals surface area contributed by atoms with Crippen LogP contribution < -0.4 is 19.1 Å². The third kappa shape index (κ3) is 8.43. The largest absolute Gasteiger partial charge is 0.493 e. The number of carbonyl (C=O) groups is 2. The van der Waals surface area contributed by atoms with Crippen molar-refractivity contribution in [1.82, 2.24) is 10.2 Å². The SMILES string of the molecule is COc1ccc(N(CC(=O)N(Cc2ccccc2F)[C@@H](Cc2ccccc2)C(=O)NC(C)C)S(C)(=O)=O)cc1OC. The van der Waals surface area contributed by atoms with Crippen LogP contribution in [0.15, 0.2) is 72.8 Å². The highest BCUT2D eigenvalue weighted by atomic mass is 32.2. The van der Waals surface area contributed by atoms with E-state index in [2.05, 4.69) is 5.32 Å². The smallest absolute Gasteiger partial charge is 0.244 e. The highest BCUT2D eigenvalue weighted by Crippen LogP contribution is 2.32.